The summed E-state index contributed by atoms with van der Waals surface area (Å²) in [7, 11) is 1.33. The van der Waals surface area contributed by atoms with Gasteiger partial charge in [-0.05, 0) is 29.2 Å². The number of ether oxygens (including phenoxy) is 3. The van der Waals surface area contributed by atoms with E-state index in [1.165, 1.54) is 7.11 Å². The number of allylic oxidation sites excluding steroid dienone is 8. The highest BCUT2D eigenvalue weighted by atomic mass is 16.6. The Bertz CT molecular complexity index is 1100. The standard InChI is InChI=1S/C28H28O6/c1-32-28(31)27(23-13-5-2-3-6-14-23)25(22-11-7-4-8-12-22)19-34-26(30)20-33-24-15-9-10-21(18-29)16-17-24/h2-5,7-16,29H,6,17-20H2,1H3/b27-25+. The molecule has 0 fully saturated rings. The quantitative estimate of drug-likeness (QED) is 0.435. The topological polar surface area (TPSA) is 82.1 Å². The Morgan fingerprint density at radius 2 is 1.82 bits per heavy atom. The van der Waals surface area contributed by atoms with Crippen LogP contribution in [0.4, 0.5) is 0 Å². The minimum absolute atomic E-state index is 0.0571. The highest BCUT2D eigenvalue weighted by Crippen LogP contribution is 2.28. The number of methoxy groups -OCH3 is 1. The lowest BCUT2D eigenvalue weighted by molar-refractivity contribution is -0.146. The summed E-state index contributed by atoms with van der Waals surface area (Å²) in [6, 6.07) is 9.30. The lowest BCUT2D eigenvalue weighted by atomic mass is 9.94. The van der Waals surface area contributed by atoms with Gasteiger partial charge in [-0.1, -0.05) is 78.9 Å². The van der Waals surface area contributed by atoms with Gasteiger partial charge in [-0.2, -0.15) is 0 Å². The van der Waals surface area contributed by atoms with E-state index in [0.717, 1.165) is 11.1 Å². The molecule has 1 aromatic carbocycles. The smallest absolute Gasteiger partial charge is 0.344 e. The molecule has 1 aromatic rings. The van der Waals surface area contributed by atoms with Gasteiger partial charge in [0.2, 0.25) is 0 Å². The van der Waals surface area contributed by atoms with Crippen molar-refractivity contribution >= 4 is 17.5 Å². The second kappa shape index (κ2) is 13.0. The predicted octanol–water partition coefficient (Wildman–Crippen LogP) is 4.38. The van der Waals surface area contributed by atoms with Crippen molar-refractivity contribution in [2.45, 2.75) is 12.8 Å². The van der Waals surface area contributed by atoms with Crippen LogP contribution in [0, 0.1) is 0 Å². The van der Waals surface area contributed by atoms with E-state index >= 15 is 0 Å². The van der Waals surface area contributed by atoms with Gasteiger partial charge in [0, 0.05) is 12.0 Å². The highest BCUT2D eigenvalue weighted by Gasteiger charge is 2.22. The summed E-state index contributed by atoms with van der Waals surface area (Å²) in [5, 5.41) is 9.24. The molecule has 1 N–H and O–H groups in total. The Labute approximate surface area is 199 Å². The highest BCUT2D eigenvalue weighted by molar-refractivity contribution is 6.03. The lowest BCUT2D eigenvalue weighted by Crippen LogP contribution is -2.17. The van der Waals surface area contributed by atoms with Gasteiger partial charge in [0.15, 0.2) is 6.61 Å². The summed E-state index contributed by atoms with van der Waals surface area (Å²) in [5.41, 5.74) is 3.13. The number of rotatable bonds is 9. The molecule has 0 spiro atoms. The first-order valence-corrected chi connectivity index (χ1v) is 11.0. The average Bonchev–Trinajstić information content (AvgIpc) is 3.28. The third-order valence-electron chi connectivity index (χ3n) is 5.19. The molecule has 0 aliphatic heterocycles. The molecule has 6 heteroatoms. The Morgan fingerprint density at radius 3 is 2.59 bits per heavy atom. The molecule has 2 aliphatic rings. The zero-order valence-electron chi connectivity index (χ0n) is 19.1. The first-order valence-electron chi connectivity index (χ1n) is 11.0. The van der Waals surface area contributed by atoms with E-state index in [-0.39, 0.29) is 19.8 Å². The molecule has 0 saturated carbocycles. The van der Waals surface area contributed by atoms with Crippen LogP contribution in [0.1, 0.15) is 18.4 Å². The monoisotopic (exact) mass is 460 g/mol. The molecule has 0 amide bonds. The van der Waals surface area contributed by atoms with Crippen LogP contribution >= 0.6 is 0 Å². The second-order valence-electron chi connectivity index (χ2n) is 7.48. The molecular weight excluding hydrogens is 432 g/mol. The molecule has 0 unspecified atom stereocenters. The number of carbonyl (C=O) groups excluding carboxylic acids is 2. The van der Waals surface area contributed by atoms with Crippen LogP contribution in [0.15, 0.2) is 107 Å². The number of esters is 2. The summed E-state index contributed by atoms with van der Waals surface area (Å²) in [5.74, 6) is -0.483. The SMILES string of the molecule is COC(=O)/C(C1=CCC=CC=C1)=C(\COC(=O)COC1=CC=CC(CO)=CC1)c1ccccc1. The van der Waals surface area contributed by atoms with Crippen LogP contribution in [-0.2, 0) is 23.8 Å². The molecule has 0 saturated heterocycles. The van der Waals surface area contributed by atoms with E-state index in [1.807, 2.05) is 66.8 Å². The van der Waals surface area contributed by atoms with Gasteiger partial charge in [0.25, 0.3) is 0 Å². The van der Waals surface area contributed by atoms with Crippen molar-refractivity contribution in [2.75, 3.05) is 26.9 Å². The van der Waals surface area contributed by atoms with E-state index in [4.69, 9.17) is 14.2 Å². The predicted molar refractivity (Wildman–Crippen MR) is 130 cm³/mol. The van der Waals surface area contributed by atoms with E-state index in [0.29, 0.717) is 35.3 Å². The molecular formula is C28H28O6. The fourth-order valence-corrected chi connectivity index (χ4v) is 3.44. The van der Waals surface area contributed by atoms with Gasteiger partial charge in [0.05, 0.1) is 19.3 Å². The third-order valence-corrected chi connectivity index (χ3v) is 5.19. The van der Waals surface area contributed by atoms with Gasteiger partial charge in [-0.3, -0.25) is 0 Å². The van der Waals surface area contributed by atoms with Gasteiger partial charge in [-0.25, -0.2) is 9.59 Å². The Hall–Kier alpha value is -3.90. The van der Waals surface area contributed by atoms with Crippen molar-refractivity contribution in [1.82, 2.24) is 0 Å². The number of hydrogen-bond donors (Lipinski definition) is 1. The van der Waals surface area contributed by atoms with Crippen molar-refractivity contribution in [3.8, 4) is 0 Å². The molecule has 0 bridgehead atoms. The summed E-state index contributed by atoms with van der Waals surface area (Å²) in [4.78, 5) is 25.3. The molecule has 0 atom stereocenters. The Balaban J connectivity index is 1.79. The van der Waals surface area contributed by atoms with Crippen LogP contribution in [0.25, 0.3) is 5.57 Å². The zero-order valence-corrected chi connectivity index (χ0v) is 19.1. The first-order chi connectivity index (χ1) is 16.6. The number of benzene rings is 1. The molecule has 0 radical (unpaired) electrons. The average molecular weight is 461 g/mol. The summed E-state index contributed by atoms with van der Waals surface area (Å²) < 4.78 is 16.2. The fourth-order valence-electron chi connectivity index (χ4n) is 3.44. The molecule has 34 heavy (non-hydrogen) atoms. The normalized spacial score (nSPS) is 15.8. The number of aliphatic hydroxyl groups is 1. The molecule has 6 nitrogen and oxygen atoms in total. The van der Waals surface area contributed by atoms with Crippen LogP contribution in [0.2, 0.25) is 0 Å². The molecule has 0 aromatic heterocycles. The first kappa shape index (κ1) is 24.7. The van der Waals surface area contributed by atoms with Crippen LogP contribution in [-0.4, -0.2) is 44.0 Å². The van der Waals surface area contributed by atoms with Gasteiger partial charge < -0.3 is 19.3 Å². The van der Waals surface area contributed by atoms with E-state index < -0.39 is 11.9 Å². The van der Waals surface area contributed by atoms with Crippen LogP contribution in [0.5, 0.6) is 0 Å². The molecule has 2 aliphatic carbocycles. The van der Waals surface area contributed by atoms with Crippen molar-refractivity contribution in [1.29, 1.82) is 0 Å². The van der Waals surface area contributed by atoms with Crippen LogP contribution in [0.3, 0.4) is 0 Å². The Morgan fingerprint density at radius 1 is 1.00 bits per heavy atom. The lowest BCUT2D eigenvalue weighted by Gasteiger charge is -2.16. The maximum atomic E-state index is 12.8. The Kier molecular flexibility index (Phi) is 9.43. The molecule has 176 valence electrons. The maximum absolute atomic E-state index is 12.8. The number of aliphatic hydroxyl groups excluding tert-OH is 1. The number of carbonyl (C=O) groups is 2. The minimum atomic E-state index is -0.565. The fraction of sp³-hybridized carbons (Fsp3) is 0.214. The van der Waals surface area contributed by atoms with Crippen molar-refractivity contribution in [3.05, 3.63) is 113 Å². The van der Waals surface area contributed by atoms with Crippen molar-refractivity contribution < 1.29 is 28.9 Å². The molecule has 0 heterocycles. The van der Waals surface area contributed by atoms with E-state index in [2.05, 4.69) is 0 Å². The largest absolute Gasteiger partial charge is 0.486 e. The van der Waals surface area contributed by atoms with Gasteiger partial charge >= 0.3 is 11.9 Å². The minimum Gasteiger partial charge on any atom is -0.486 e. The van der Waals surface area contributed by atoms with Crippen molar-refractivity contribution in [2.24, 2.45) is 0 Å². The van der Waals surface area contributed by atoms with Crippen LogP contribution < -0.4 is 0 Å². The van der Waals surface area contributed by atoms with E-state index in [1.54, 1.807) is 18.2 Å². The van der Waals surface area contributed by atoms with Gasteiger partial charge in [-0.15, -0.1) is 0 Å². The maximum Gasteiger partial charge on any atom is 0.344 e. The second-order valence-corrected chi connectivity index (χ2v) is 7.48. The van der Waals surface area contributed by atoms with E-state index in [9.17, 15) is 14.7 Å². The number of hydrogen-bond acceptors (Lipinski definition) is 6. The zero-order chi connectivity index (χ0) is 24.2. The molecule has 3 rings (SSSR count). The summed E-state index contributed by atoms with van der Waals surface area (Å²) in [6.45, 7) is -0.453. The third kappa shape index (κ3) is 7.05. The van der Waals surface area contributed by atoms with Crippen molar-refractivity contribution in [3.63, 3.8) is 0 Å². The summed E-state index contributed by atoms with van der Waals surface area (Å²) in [6.07, 6.45) is 17.8. The summed E-state index contributed by atoms with van der Waals surface area (Å²) >= 11 is 0. The van der Waals surface area contributed by atoms with Gasteiger partial charge in [0.1, 0.15) is 12.4 Å².